The number of rotatable bonds is 4. The Morgan fingerprint density at radius 3 is 2.50 bits per heavy atom. The van der Waals surface area contributed by atoms with Gasteiger partial charge in [0.15, 0.2) is 5.82 Å². The Balaban J connectivity index is 1.67. The Kier molecular flexibility index (Phi) is 3.41. The van der Waals surface area contributed by atoms with Gasteiger partial charge in [0.25, 0.3) is 0 Å². The van der Waals surface area contributed by atoms with Crippen LogP contribution in [0.15, 0.2) is 54.6 Å². The van der Waals surface area contributed by atoms with E-state index in [1.54, 1.807) is 12.1 Å². The van der Waals surface area contributed by atoms with E-state index in [-0.39, 0.29) is 5.82 Å². The van der Waals surface area contributed by atoms with Crippen LogP contribution in [0.3, 0.4) is 0 Å². The Bertz CT molecular complexity index is 677. The fourth-order valence-corrected chi connectivity index (χ4v) is 1.84. The highest BCUT2D eigenvalue weighted by molar-refractivity contribution is 5.54. The van der Waals surface area contributed by atoms with Gasteiger partial charge in [0.2, 0.25) is 0 Å². The summed E-state index contributed by atoms with van der Waals surface area (Å²) in [5.41, 5.74) is 1.81. The summed E-state index contributed by atoms with van der Waals surface area (Å²) in [4.78, 5) is 4.41. The van der Waals surface area contributed by atoms with Gasteiger partial charge in [0.1, 0.15) is 11.6 Å². The molecule has 0 fully saturated rings. The van der Waals surface area contributed by atoms with Crippen molar-refractivity contribution < 1.29 is 4.39 Å². The van der Waals surface area contributed by atoms with E-state index in [0.29, 0.717) is 12.4 Å². The van der Waals surface area contributed by atoms with Crippen LogP contribution in [0.1, 0.15) is 5.82 Å². The van der Waals surface area contributed by atoms with E-state index in [1.165, 1.54) is 12.1 Å². The topological polar surface area (TPSA) is 53.6 Å². The van der Waals surface area contributed by atoms with Crippen LogP contribution in [0.25, 0.3) is 11.4 Å². The third-order valence-corrected chi connectivity index (χ3v) is 2.87. The van der Waals surface area contributed by atoms with Crippen LogP contribution in [-0.4, -0.2) is 15.2 Å². The lowest BCUT2D eigenvalue weighted by molar-refractivity contribution is 0.628. The molecule has 2 aromatic carbocycles. The third-order valence-electron chi connectivity index (χ3n) is 2.87. The van der Waals surface area contributed by atoms with E-state index in [0.717, 1.165) is 17.1 Å². The third kappa shape index (κ3) is 2.83. The molecule has 0 aliphatic carbocycles. The quantitative estimate of drug-likeness (QED) is 0.764. The van der Waals surface area contributed by atoms with Gasteiger partial charge in [0.05, 0.1) is 6.54 Å². The molecule has 0 bridgehead atoms. The van der Waals surface area contributed by atoms with Gasteiger partial charge in [-0.05, 0) is 24.3 Å². The van der Waals surface area contributed by atoms with Crippen LogP contribution in [0, 0.1) is 5.82 Å². The van der Waals surface area contributed by atoms with Crippen LogP contribution in [0.5, 0.6) is 0 Å². The summed E-state index contributed by atoms with van der Waals surface area (Å²) in [5, 5.41) is 10.2. The van der Waals surface area contributed by atoms with Crippen molar-refractivity contribution >= 4 is 5.69 Å². The molecule has 0 amide bonds. The number of nitrogens with one attached hydrogen (secondary N) is 2. The predicted octanol–water partition coefficient (Wildman–Crippen LogP) is 3.22. The van der Waals surface area contributed by atoms with Crippen molar-refractivity contribution in [2.75, 3.05) is 5.32 Å². The summed E-state index contributed by atoms with van der Waals surface area (Å²) in [6.07, 6.45) is 0. The molecule has 20 heavy (non-hydrogen) atoms. The van der Waals surface area contributed by atoms with Crippen molar-refractivity contribution in [1.29, 1.82) is 0 Å². The largest absolute Gasteiger partial charge is 0.378 e. The fraction of sp³-hybridized carbons (Fsp3) is 0.0667. The zero-order chi connectivity index (χ0) is 13.8. The zero-order valence-electron chi connectivity index (χ0n) is 10.7. The lowest BCUT2D eigenvalue weighted by Gasteiger charge is -2.03. The first-order valence-corrected chi connectivity index (χ1v) is 6.27. The van der Waals surface area contributed by atoms with Crippen LogP contribution < -0.4 is 5.32 Å². The van der Waals surface area contributed by atoms with Gasteiger partial charge in [-0.3, -0.25) is 5.10 Å². The molecular formula is C15H13FN4. The molecule has 5 heteroatoms. The predicted molar refractivity (Wildman–Crippen MR) is 75.5 cm³/mol. The summed E-state index contributed by atoms with van der Waals surface area (Å²) >= 11 is 0. The second-order valence-corrected chi connectivity index (χ2v) is 4.33. The maximum Gasteiger partial charge on any atom is 0.181 e. The molecule has 0 saturated carbocycles. The Morgan fingerprint density at radius 1 is 1.00 bits per heavy atom. The number of benzene rings is 2. The average Bonchev–Trinajstić information content (AvgIpc) is 2.97. The van der Waals surface area contributed by atoms with Crippen molar-refractivity contribution in [3.05, 3.63) is 66.2 Å². The van der Waals surface area contributed by atoms with Crippen molar-refractivity contribution in [1.82, 2.24) is 15.2 Å². The van der Waals surface area contributed by atoms with Gasteiger partial charge in [-0.15, -0.1) is 0 Å². The molecule has 1 aromatic heterocycles. The van der Waals surface area contributed by atoms with Crippen molar-refractivity contribution in [2.24, 2.45) is 0 Å². The minimum atomic E-state index is -0.249. The second-order valence-electron chi connectivity index (χ2n) is 4.33. The van der Waals surface area contributed by atoms with E-state index in [4.69, 9.17) is 0 Å². The molecule has 2 N–H and O–H groups in total. The number of hydrogen-bond acceptors (Lipinski definition) is 3. The number of nitrogens with zero attached hydrogens (tertiary/aromatic N) is 2. The second kappa shape index (κ2) is 5.52. The van der Waals surface area contributed by atoms with Gasteiger partial charge in [-0.25, -0.2) is 9.37 Å². The SMILES string of the molecule is Fc1ccc(NCc2nc(-c3ccccc3)n[nH]2)cc1. The van der Waals surface area contributed by atoms with Crippen LogP contribution in [0.4, 0.5) is 10.1 Å². The van der Waals surface area contributed by atoms with Gasteiger partial charge < -0.3 is 5.32 Å². The fourth-order valence-electron chi connectivity index (χ4n) is 1.84. The molecule has 0 aliphatic heterocycles. The van der Waals surface area contributed by atoms with Gasteiger partial charge in [-0.1, -0.05) is 30.3 Å². The highest BCUT2D eigenvalue weighted by Crippen LogP contribution is 2.14. The number of hydrogen-bond donors (Lipinski definition) is 2. The molecule has 0 aliphatic rings. The molecular weight excluding hydrogens is 255 g/mol. The minimum absolute atomic E-state index is 0.249. The standard InChI is InChI=1S/C15H13FN4/c16-12-6-8-13(9-7-12)17-10-14-18-15(20-19-14)11-4-2-1-3-5-11/h1-9,17H,10H2,(H,18,19,20). The first-order chi connectivity index (χ1) is 9.81. The number of aromatic nitrogens is 3. The summed E-state index contributed by atoms with van der Waals surface area (Å²) in [7, 11) is 0. The van der Waals surface area contributed by atoms with Crippen molar-refractivity contribution in [3.8, 4) is 11.4 Å². The highest BCUT2D eigenvalue weighted by atomic mass is 19.1. The molecule has 4 nitrogen and oxygen atoms in total. The van der Waals surface area contributed by atoms with Crippen molar-refractivity contribution in [3.63, 3.8) is 0 Å². The highest BCUT2D eigenvalue weighted by Gasteiger charge is 2.05. The molecule has 0 atom stereocenters. The number of H-pyrrole nitrogens is 1. The lowest BCUT2D eigenvalue weighted by Crippen LogP contribution is -2.01. The maximum absolute atomic E-state index is 12.8. The van der Waals surface area contributed by atoms with Gasteiger partial charge >= 0.3 is 0 Å². The number of anilines is 1. The minimum Gasteiger partial charge on any atom is -0.378 e. The van der Waals surface area contributed by atoms with Crippen molar-refractivity contribution in [2.45, 2.75) is 6.54 Å². The Hall–Kier alpha value is -2.69. The van der Waals surface area contributed by atoms with E-state index in [9.17, 15) is 4.39 Å². The molecule has 100 valence electrons. The lowest BCUT2D eigenvalue weighted by atomic mass is 10.2. The first-order valence-electron chi connectivity index (χ1n) is 6.27. The summed E-state index contributed by atoms with van der Waals surface area (Å²) in [5.74, 6) is 1.15. The summed E-state index contributed by atoms with van der Waals surface area (Å²) < 4.78 is 12.8. The van der Waals surface area contributed by atoms with Crippen LogP contribution in [0.2, 0.25) is 0 Å². The number of halogens is 1. The molecule has 1 heterocycles. The van der Waals surface area contributed by atoms with Crippen LogP contribution >= 0.6 is 0 Å². The Labute approximate surface area is 115 Å². The van der Waals surface area contributed by atoms with Crippen LogP contribution in [-0.2, 0) is 6.54 Å². The maximum atomic E-state index is 12.8. The molecule has 0 saturated heterocycles. The molecule has 3 aromatic rings. The van der Waals surface area contributed by atoms with E-state index in [1.807, 2.05) is 30.3 Å². The molecule has 0 radical (unpaired) electrons. The van der Waals surface area contributed by atoms with Gasteiger partial charge in [-0.2, -0.15) is 5.10 Å². The smallest absolute Gasteiger partial charge is 0.181 e. The molecule has 0 unspecified atom stereocenters. The van der Waals surface area contributed by atoms with E-state index < -0.39 is 0 Å². The zero-order valence-corrected chi connectivity index (χ0v) is 10.7. The monoisotopic (exact) mass is 268 g/mol. The normalized spacial score (nSPS) is 10.4. The molecule has 0 spiro atoms. The van der Waals surface area contributed by atoms with E-state index in [2.05, 4.69) is 20.5 Å². The van der Waals surface area contributed by atoms with E-state index >= 15 is 0 Å². The first kappa shape index (κ1) is 12.3. The molecule has 3 rings (SSSR count). The average molecular weight is 268 g/mol. The Morgan fingerprint density at radius 2 is 1.75 bits per heavy atom. The summed E-state index contributed by atoms with van der Waals surface area (Å²) in [6.45, 7) is 0.505. The van der Waals surface area contributed by atoms with Gasteiger partial charge in [0, 0.05) is 11.3 Å². The summed E-state index contributed by atoms with van der Waals surface area (Å²) in [6, 6.07) is 16.0. The number of aromatic amines is 1.